The van der Waals surface area contributed by atoms with Crippen LogP contribution in [0.25, 0.3) is 6.08 Å². The summed E-state index contributed by atoms with van der Waals surface area (Å²) in [7, 11) is 3.68. The Morgan fingerprint density at radius 1 is 1.17 bits per heavy atom. The van der Waals surface area contributed by atoms with Crippen LogP contribution in [-0.2, 0) is 14.3 Å². The quantitative estimate of drug-likeness (QED) is 0.248. The number of amides is 3. The highest BCUT2D eigenvalue weighted by Gasteiger charge is 2.34. The van der Waals surface area contributed by atoms with Crippen LogP contribution in [0.4, 0.5) is 10.7 Å². The molecule has 0 spiro atoms. The van der Waals surface area contributed by atoms with Gasteiger partial charge in [0.1, 0.15) is 11.5 Å². The van der Waals surface area contributed by atoms with Crippen LogP contribution >= 0.6 is 0 Å². The predicted octanol–water partition coefficient (Wildman–Crippen LogP) is 3.53. The van der Waals surface area contributed by atoms with Gasteiger partial charge in [0.2, 0.25) is 0 Å². The minimum absolute atomic E-state index is 0.0154. The van der Waals surface area contributed by atoms with Gasteiger partial charge in [0.25, 0.3) is 5.91 Å². The monoisotopic (exact) mass is 405 g/mol. The van der Waals surface area contributed by atoms with Gasteiger partial charge in [-0.15, -0.1) is 0 Å². The molecule has 0 unspecified atom stereocenters. The number of nitrogens with one attached hydrogen (secondary N) is 1. The van der Waals surface area contributed by atoms with E-state index < -0.39 is 17.9 Å². The Labute approximate surface area is 171 Å². The fraction of sp³-hybridized carbons (Fsp3) is 0.571. The van der Waals surface area contributed by atoms with Gasteiger partial charge in [-0.3, -0.25) is 14.5 Å². The van der Waals surface area contributed by atoms with Crippen molar-refractivity contribution in [1.82, 2.24) is 10.2 Å². The number of imide groups is 1. The number of furan rings is 1. The zero-order chi connectivity index (χ0) is 21.2. The second-order valence-corrected chi connectivity index (χ2v) is 7.25. The van der Waals surface area contributed by atoms with Gasteiger partial charge in [-0.05, 0) is 12.5 Å². The minimum atomic E-state index is -0.552. The highest BCUT2D eigenvalue weighted by molar-refractivity contribution is 6.13. The van der Waals surface area contributed by atoms with Crippen molar-refractivity contribution in [2.45, 2.75) is 51.9 Å². The number of esters is 1. The summed E-state index contributed by atoms with van der Waals surface area (Å²) in [6, 6.07) is 2.93. The molecule has 8 nitrogen and oxygen atoms in total. The molecule has 1 fully saturated rings. The lowest BCUT2D eigenvalue weighted by molar-refractivity contribution is -0.144. The van der Waals surface area contributed by atoms with Crippen LogP contribution in [-0.4, -0.2) is 50.1 Å². The summed E-state index contributed by atoms with van der Waals surface area (Å²) in [6.45, 7) is 2.53. The maximum Gasteiger partial charge on any atom is 0.329 e. The van der Waals surface area contributed by atoms with E-state index in [1.54, 1.807) is 17.0 Å². The molecule has 1 aromatic rings. The van der Waals surface area contributed by atoms with Crippen molar-refractivity contribution < 1.29 is 23.5 Å². The van der Waals surface area contributed by atoms with Crippen LogP contribution < -0.4 is 10.2 Å². The molecule has 1 N–H and O–H groups in total. The summed E-state index contributed by atoms with van der Waals surface area (Å²) in [5.74, 6) is 0.205. The van der Waals surface area contributed by atoms with E-state index in [0.717, 1.165) is 24.2 Å². The van der Waals surface area contributed by atoms with Crippen molar-refractivity contribution in [3.8, 4) is 0 Å². The lowest BCUT2D eigenvalue weighted by atomic mass is 10.1. The fourth-order valence-corrected chi connectivity index (χ4v) is 2.92. The molecule has 0 aromatic carbocycles. The van der Waals surface area contributed by atoms with Gasteiger partial charge in [0, 0.05) is 32.8 Å². The Bertz CT molecular complexity index is 738. The summed E-state index contributed by atoms with van der Waals surface area (Å²) in [5, 5.41) is 2.51. The lowest BCUT2D eigenvalue weighted by Crippen LogP contribution is -2.33. The first-order valence-corrected chi connectivity index (χ1v) is 10.2. The van der Waals surface area contributed by atoms with E-state index >= 15 is 0 Å². The summed E-state index contributed by atoms with van der Waals surface area (Å²) in [4.78, 5) is 39.1. The molecule has 0 bridgehead atoms. The smallest absolute Gasteiger partial charge is 0.329 e. The number of rotatable bonds is 12. The van der Waals surface area contributed by atoms with Gasteiger partial charge >= 0.3 is 12.0 Å². The molecular weight excluding hydrogens is 374 g/mol. The van der Waals surface area contributed by atoms with Gasteiger partial charge in [-0.1, -0.05) is 39.0 Å². The number of hydrogen-bond donors (Lipinski definition) is 1. The maximum atomic E-state index is 12.4. The van der Waals surface area contributed by atoms with Crippen molar-refractivity contribution in [3.63, 3.8) is 0 Å². The molecule has 8 heteroatoms. The number of carbonyl (C=O) groups excluding carboxylic acids is 3. The third kappa shape index (κ3) is 6.96. The molecule has 1 saturated heterocycles. The third-order valence-corrected chi connectivity index (χ3v) is 4.60. The zero-order valence-corrected chi connectivity index (χ0v) is 17.5. The highest BCUT2D eigenvalue weighted by Crippen LogP contribution is 2.20. The first-order chi connectivity index (χ1) is 13.9. The van der Waals surface area contributed by atoms with Crippen molar-refractivity contribution in [2.24, 2.45) is 0 Å². The molecular formula is C21H31N3O5. The Morgan fingerprint density at radius 2 is 1.90 bits per heavy atom. The molecule has 0 atom stereocenters. The molecule has 2 heterocycles. The third-order valence-electron chi connectivity index (χ3n) is 4.60. The number of hydrogen-bond acceptors (Lipinski definition) is 6. The molecule has 1 aliphatic heterocycles. The Balaban J connectivity index is 1.75. The van der Waals surface area contributed by atoms with Crippen molar-refractivity contribution >= 4 is 29.9 Å². The standard InChI is InChI=1S/C21H31N3O5/c1-4-5-6-7-8-9-14-28-19(25)12-13-24-20(26)17(22-21(24)27)15-16-10-11-18(29-16)23(2)3/h10-11,15H,4-9,12-14H2,1-3H3,(H,22,27). The Morgan fingerprint density at radius 3 is 2.59 bits per heavy atom. The van der Waals surface area contributed by atoms with E-state index in [0.29, 0.717) is 18.3 Å². The molecule has 1 aromatic heterocycles. The van der Waals surface area contributed by atoms with Crippen molar-refractivity contribution in [1.29, 1.82) is 0 Å². The normalized spacial score (nSPS) is 15.1. The summed E-state index contributed by atoms with van der Waals surface area (Å²) in [5.41, 5.74) is 0.120. The van der Waals surface area contributed by atoms with Crippen LogP contribution in [0.3, 0.4) is 0 Å². The van der Waals surface area contributed by atoms with Gasteiger partial charge < -0.3 is 19.4 Å². The highest BCUT2D eigenvalue weighted by atomic mass is 16.5. The summed E-state index contributed by atoms with van der Waals surface area (Å²) >= 11 is 0. The molecule has 29 heavy (non-hydrogen) atoms. The van der Waals surface area contributed by atoms with E-state index in [1.807, 2.05) is 14.1 Å². The number of unbranched alkanes of at least 4 members (excludes halogenated alkanes) is 5. The Hall–Kier alpha value is -2.77. The largest absolute Gasteiger partial charge is 0.466 e. The molecule has 0 saturated carbocycles. The van der Waals surface area contributed by atoms with Gasteiger partial charge in [-0.25, -0.2) is 4.79 Å². The Kier molecular flexibility index (Phi) is 8.76. The second-order valence-electron chi connectivity index (χ2n) is 7.25. The maximum absolute atomic E-state index is 12.4. The topological polar surface area (TPSA) is 92.1 Å². The van der Waals surface area contributed by atoms with E-state index in [4.69, 9.17) is 9.15 Å². The average molecular weight is 405 g/mol. The molecule has 160 valence electrons. The minimum Gasteiger partial charge on any atom is -0.466 e. The van der Waals surface area contributed by atoms with Crippen LogP contribution in [0.2, 0.25) is 0 Å². The number of nitrogens with zero attached hydrogens (tertiary/aromatic N) is 2. The van der Waals surface area contributed by atoms with E-state index in [1.165, 1.54) is 25.3 Å². The van der Waals surface area contributed by atoms with Crippen LogP contribution in [0.1, 0.15) is 57.6 Å². The molecule has 0 radical (unpaired) electrons. The van der Waals surface area contributed by atoms with Gasteiger partial charge in [-0.2, -0.15) is 0 Å². The number of carbonyl (C=O) groups is 3. The first kappa shape index (κ1) is 22.5. The van der Waals surface area contributed by atoms with Crippen molar-refractivity contribution in [3.05, 3.63) is 23.6 Å². The lowest BCUT2D eigenvalue weighted by Gasteiger charge is -2.11. The fourth-order valence-electron chi connectivity index (χ4n) is 2.92. The summed E-state index contributed by atoms with van der Waals surface area (Å²) in [6.07, 6.45) is 8.13. The van der Waals surface area contributed by atoms with Gasteiger partial charge in [0.15, 0.2) is 5.88 Å². The van der Waals surface area contributed by atoms with E-state index in [-0.39, 0.29) is 18.7 Å². The molecule has 3 amide bonds. The number of urea groups is 1. The zero-order valence-electron chi connectivity index (χ0n) is 17.5. The predicted molar refractivity (Wildman–Crippen MR) is 110 cm³/mol. The first-order valence-electron chi connectivity index (χ1n) is 10.2. The summed E-state index contributed by atoms with van der Waals surface area (Å²) < 4.78 is 10.7. The van der Waals surface area contributed by atoms with Gasteiger partial charge in [0.05, 0.1) is 13.0 Å². The number of anilines is 1. The van der Waals surface area contributed by atoms with Crippen LogP contribution in [0, 0.1) is 0 Å². The molecule has 1 aliphatic rings. The van der Waals surface area contributed by atoms with E-state index in [9.17, 15) is 14.4 Å². The van der Waals surface area contributed by atoms with Crippen molar-refractivity contribution in [2.75, 3.05) is 32.1 Å². The SMILES string of the molecule is CCCCCCCCOC(=O)CCN1C(=O)NC(=Cc2ccc(N(C)C)o2)C1=O. The van der Waals surface area contributed by atoms with Crippen LogP contribution in [0.5, 0.6) is 0 Å². The van der Waals surface area contributed by atoms with Crippen LogP contribution in [0.15, 0.2) is 22.2 Å². The molecule has 0 aliphatic carbocycles. The molecule has 2 rings (SSSR count). The second kappa shape index (κ2) is 11.3. The number of ether oxygens (including phenoxy) is 1. The van der Waals surface area contributed by atoms with E-state index in [2.05, 4.69) is 12.2 Å². The average Bonchev–Trinajstić information content (AvgIpc) is 3.25.